The largest absolute Gasteiger partial charge is 0.494 e. The highest BCUT2D eigenvalue weighted by molar-refractivity contribution is 9.10. The molecule has 3 nitrogen and oxygen atoms in total. The third kappa shape index (κ3) is 3.23. The zero-order chi connectivity index (χ0) is 13.0. The second-order valence-corrected chi connectivity index (χ2v) is 4.76. The minimum atomic E-state index is 0.666. The Balaban J connectivity index is 2.17. The Hall–Kier alpha value is -1.55. The van der Waals surface area contributed by atoms with E-state index in [4.69, 9.17) is 4.74 Å². The molecule has 0 atom stereocenters. The van der Waals surface area contributed by atoms with E-state index in [-0.39, 0.29) is 0 Å². The Morgan fingerprint density at radius 1 is 1.33 bits per heavy atom. The molecule has 1 aromatic heterocycles. The minimum Gasteiger partial charge on any atom is -0.494 e. The zero-order valence-electron chi connectivity index (χ0n) is 10.4. The van der Waals surface area contributed by atoms with Gasteiger partial charge in [-0.25, -0.2) is 4.98 Å². The van der Waals surface area contributed by atoms with Crippen molar-refractivity contribution in [1.82, 2.24) is 4.98 Å². The van der Waals surface area contributed by atoms with Crippen LogP contribution in [0.5, 0.6) is 5.75 Å². The van der Waals surface area contributed by atoms with Gasteiger partial charge in [0.15, 0.2) is 0 Å². The molecule has 0 aliphatic rings. The highest BCUT2D eigenvalue weighted by atomic mass is 79.9. The average Bonchev–Trinajstić information content (AvgIpc) is 2.35. The van der Waals surface area contributed by atoms with Crippen LogP contribution in [0.2, 0.25) is 0 Å². The zero-order valence-corrected chi connectivity index (χ0v) is 12.0. The van der Waals surface area contributed by atoms with Gasteiger partial charge in [-0.2, -0.15) is 0 Å². The molecule has 0 aliphatic carbocycles. The van der Waals surface area contributed by atoms with Gasteiger partial charge < -0.3 is 10.1 Å². The first-order valence-electron chi connectivity index (χ1n) is 5.81. The summed E-state index contributed by atoms with van der Waals surface area (Å²) in [7, 11) is 0. The molecule has 4 heteroatoms. The number of anilines is 2. The number of benzene rings is 1. The maximum absolute atomic E-state index is 5.46. The van der Waals surface area contributed by atoms with Crippen molar-refractivity contribution in [2.24, 2.45) is 0 Å². The van der Waals surface area contributed by atoms with E-state index in [2.05, 4.69) is 26.2 Å². The fraction of sp³-hybridized carbons (Fsp3) is 0.214. The summed E-state index contributed by atoms with van der Waals surface area (Å²) in [6, 6.07) is 9.84. The molecule has 1 N–H and O–H groups in total. The van der Waals surface area contributed by atoms with Gasteiger partial charge in [-0.15, -0.1) is 0 Å². The van der Waals surface area contributed by atoms with Crippen LogP contribution in [0.15, 0.2) is 41.0 Å². The summed E-state index contributed by atoms with van der Waals surface area (Å²) in [6.45, 7) is 4.67. The summed E-state index contributed by atoms with van der Waals surface area (Å²) >= 11 is 3.44. The number of ether oxygens (including phenoxy) is 1. The molecule has 0 saturated carbocycles. The first-order chi connectivity index (χ1) is 8.69. The summed E-state index contributed by atoms with van der Waals surface area (Å²) in [5, 5.41) is 3.26. The van der Waals surface area contributed by atoms with E-state index in [0.29, 0.717) is 6.61 Å². The Bertz CT molecular complexity index is 543. The summed E-state index contributed by atoms with van der Waals surface area (Å²) in [6.07, 6.45) is 1.80. The lowest BCUT2D eigenvalue weighted by atomic mass is 10.2. The highest BCUT2D eigenvalue weighted by Crippen LogP contribution is 2.23. The maximum atomic E-state index is 5.46. The van der Waals surface area contributed by atoms with Gasteiger partial charge in [0.25, 0.3) is 0 Å². The number of rotatable bonds is 4. The predicted molar refractivity (Wildman–Crippen MR) is 77.6 cm³/mol. The second-order valence-electron chi connectivity index (χ2n) is 3.90. The monoisotopic (exact) mass is 306 g/mol. The van der Waals surface area contributed by atoms with Gasteiger partial charge >= 0.3 is 0 Å². The Labute approximate surface area is 115 Å². The van der Waals surface area contributed by atoms with Gasteiger partial charge in [0, 0.05) is 22.4 Å². The van der Waals surface area contributed by atoms with Gasteiger partial charge in [0.05, 0.1) is 6.61 Å². The summed E-state index contributed by atoms with van der Waals surface area (Å²) in [5.74, 6) is 1.68. The maximum Gasteiger partial charge on any atom is 0.130 e. The molecule has 0 bridgehead atoms. The quantitative estimate of drug-likeness (QED) is 0.914. The van der Waals surface area contributed by atoms with Crippen LogP contribution < -0.4 is 10.1 Å². The molecule has 0 amide bonds. The number of nitrogens with zero attached hydrogens (tertiary/aromatic N) is 1. The third-order valence-electron chi connectivity index (χ3n) is 2.46. The van der Waals surface area contributed by atoms with Crippen molar-refractivity contribution in [2.75, 3.05) is 11.9 Å². The van der Waals surface area contributed by atoms with Crippen molar-refractivity contribution in [3.63, 3.8) is 0 Å². The summed E-state index contributed by atoms with van der Waals surface area (Å²) in [4.78, 5) is 4.31. The van der Waals surface area contributed by atoms with Crippen LogP contribution in [0, 0.1) is 6.92 Å². The predicted octanol–water partition coefficient (Wildman–Crippen LogP) is 4.29. The molecule has 0 saturated heterocycles. The molecular formula is C14H15BrN2O. The van der Waals surface area contributed by atoms with E-state index in [9.17, 15) is 0 Å². The SMILES string of the molecule is CCOc1cccc(Nc2cc(C)c(Br)cn2)c1. The van der Waals surface area contributed by atoms with Gasteiger partial charge in [-0.3, -0.25) is 0 Å². The van der Waals surface area contributed by atoms with Gasteiger partial charge in [0.2, 0.25) is 0 Å². The van der Waals surface area contributed by atoms with Crippen molar-refractivity contribution in [1.29, 1.82) is 0 Å². The van der Waals surface area contributed by atoms with Crippen molar-refractivity contribution in [2.45, 2.75) is 13.8 Å². The molecular weight excluding hydrogens is 292 g/mol. The second kappa shape index (κ2) is 5.87. The van der Waals surface area contributed by atoms with Crippen LogP contribution in [-0.2, 0) is 0 Å². The fourth-order valence-electron chi connectivity index (χ4n) is 1.59. The van der Waals surface area contributed by atoms with Crippen molar-refractivity contribution in [3.8, 4) is 5.75 Å². The number of nitrogens with one attached hydrogen (secondary N) is 1. The van der Waals surface area contributed by atoms with Gasteiger partial charge in [0.1, 0.15) is 11.6 Å². The first kappa shape index (κ1) is 12.9. The molecule has 0 unspecified atom stereocenters. The van der Waals surface area contributed by atoms with Crippen LogP contribution in [0.1, 0.15) is 12.5 Å². The lowest BCUT2D eigenvalue weighted by Crippen LogP contribution is -1.96. The van der Waals surface area contributed by atoms with Crippen molar-refractivity contribution < 1.29 is 4.74 Å². The number of aryl methyl sites for hydroxylation is 1. The molecule has 2 aromatic rings. The Morgan fingerprint density at radius 3 is 2.89 bits per heavy atom. The van der Waals surface area contributed by atoms with Crippen molar-refractivity contribution >= 4 is 27.4 Å². The van der Waals surface area contributed by atoms with Crippen LogP contribution in [0.25, 0.3) is 0 Å². The molecule has 0 spiro atoms. The number of hydrogen-bond donors (Lipinski definition) is 1. The topological polar surface area (TPSA) is 34.1 Å². The normalized spacial score (nSPS) is 10.2. The van der Waals surface area contributed by atoms with Crippen LogP contribution in [-0.4, -0.2) is 11.6 Å². The van der Waals surface area contributed by atoms with Gasteiger partial charge in [-0.05, 0) is 53.5 Å². The number of aromatic nitrogens is 1. The highest BCUT2D eigenvalue weighted by Gasteiger charge is 2.01. The molecule has 1 heterocycles. The molecule has 0 fully saturated rings. The van der Waals surface area contributed by atoms with E-state index >= 15 is 0 Å². The molecule has 94 valence electrons. The van der Waals surface area contributed by atoms with Crippen LogP contribution in [0.4, 0.5) is 11.5 Å². The van der Waals surface area contributed by atoms with E-state index in [1.54, 1.807) is 6.20 Å². The van der Waals surface area contributed by atoms with Crippen LogP contribution in [0.3, 0.4) is 0 Å². The van der Waals surface area contributed by atoms with E-state index in [1.165, 1.54) is 0 Å². The standard InChI is InChI=1S/C14H15BrN2O/c1-3-18-12-6-4-5-11(8-12)17-14-7-10(2)13(15)9-16-14/h4-9H,3H2,1-2H3,(H,16,17). The molecule has 0 aliphatic heterocycles. The lowest BCUT2D eigenvalue weighted by Gasteiger charge is -2.09. The smallest absolute Gasteiger partial charge is 0.130 e. The molecule has 2 rings (SSSR count). The molecule has 18 heavy (non-hydrogen) atoms. The third-order valence-corrected chi connectivity index (χ3v) is 3.29. The number of halogens is 1. The van der Waals surface area contributed by atoms with E-state index in [1.807, 2.05) is 44.2 Å². The van der Waals surface area contributed by atoms with E-state index in [0.717, 1.165) is 27.3 Å². The summed E-state index contributed by atoms with van der Waals surface area (Å²) in [5.41, 5.74) is 2.11. The first-order valence-corrected chi connectivity index (χ1v) is 6.60. The van der Waals surface area contributed by atoms with Gasteiger partial charge in [-0.1, -0.05) is 6.07 Å². The minimum absolute atomic E-state index is 0.666. The van der Waals surface area contributed by atoms with E-state index < -0.39 is 0 Å². The lowest BCUT2D eigenvalue weighted by molar-refractivity contribution is 0.340. The molecule has 0 radical (unpaired) electrons. The summed E-state index contributed by atoms with van der Waals surface area (Å²) < 4.78 is 6.47. The van der Waals surface area contributed by atoms with Crippen molar-refractivity contribution in [3.05, 3.63) is 46.6 Å². The fourth-order valence-corrected chi connectivity index (χ4v) is 1.80. The molecule has 1 aromatic carbocycles. The Kier molecular flexibility index (Phi) is 4.20. The van der Waals surface area contributed by atoms with Crippen LogP contribution >= 0.6 is 15.9 Å². The Morgan fingerprint density at radius 2 is 2.17 bits per heavy atom. The number of hydrogen-bond acceptors (Lipinski definition) is 3. The average molecular weight is 307 g/mol. The number of pyridine rings is 1.